The van der Waals surface area contributed by atoms with Gasteiger partial charge in [-0.25, -0.2) is 4.98 Å². The van der Waals surface area contributed by atoms with Gasteiger partial charge in [0, 0.05) is 18.0 Å². The van der Waals surface area contributed by atoms with E-state index in [0.717, 1.165) is 5.56 Å². The van der Waals surface area contributed by atoms with Crippen molar-refractivity contribution in [3.63, 3.8) is 0 Å². The second kappa shape index (κ2) is 8.80. The number of benzene rings is 2. The van der Waals surface area contributed by atoms with Crippen LogP contribution in [0.2, 0.25) is 0 Å². The van der Waals surface area contributed by atoms with Crippen LogP contribution in [0, 0.1) is 6.92 Å². The van der Waals surface area contributed by atoms with Crippen LogP contribution in [0.5, 0.6) is 5.75 Å². The lowest BCUT2D eigenvalue weighted by Crippen LogP contribution is -2.31. The summed E-state index contributed by atoms with van der Waals surface area (Å²) in [5.74, 6) is 1.88. The Morgan fingerprint density at radius 1 is 1.09 bits per heavy atom. The zero-order valence-electron chi connectivity index (χ0n) is 19.4. The second-order valence-electron chi connectivity index (χ2n) is 8.67. The molecule has 10 heteroatoms. The van der Waals surface area contributed by atoms with Crippen LogP contribution in [-0.2, 0) is 0 Å². The van der Waals surface area contributed by atoms with Gasteiger partial charge >= 0.3 is 0 Å². The Labute approximate surface area is 201 Å². The second-order valence-corrected chi connectivity index (χ2v) is 8.67. The van der Waals surface area contributed by atoms with Crippen molar-refractivity contribution in [1.82, 2.24) is 20.1 Å². The van der Waals surface area contributed by atoms with Crippen LogP contribution in [0.3, 0.4) is 0 Å². The first-order chi connectivity index (χ1) is 16.8. The van der Waals surface area contributed by atoms with Crippen molar-refractivity contribution < 1.29 is 19.2 Å². The summed E-state index contributed by atoms with van der Waals surface area (Å²) < 4.78 is 11.1. The number of rotatable bonds is 7. The van der Waals surface area contributed by atoms with Crippen LogP contribution in [0.25, 0.3) is 11.5 Å². The topological polar surface area (TPSA) is 135 Å². The molecule has 0 bridgehead atoms. The van der Waals surface area contributed by atoms with Crippen LogP contribution in [-0.4, -0.2) is 43.2 Å². The number of ketones is 1. The first-order valence-corrected chi connectivity index (χ1v) is 11.1. The summed E-state index contributed by atoms with van der Waals surface area (Å²) in [5.41, 5.74) is 1.69. The van der Waals surface area contributed by atoms with Crippen LogP contribution in [0.15, 0.2) is 59.3 Å². The number of aromatic nitrogens is 4. The summed E-state index contributed by atoms with van der Waals surface area (Å²) in [6.07, 6.45) is 1.57. The molecular weight excluding hydrogens is 448 g/mol. The molecule has 178 valence electrons. The van der Waals surface area contributed by atoms with Gasteiger partial charge in [0.1, 0.15) is 17.1 Å². The van der Waals surface area contributed by atoms with Gasteiger partial charge in [0.05, 0.1) is 18.2 Å². The van der Waals surface area contributed by atoms with Crippen molar-refractivity contribution in [3.8, 4) is 17.2 Å². The number of Topliss-reactive ketones (excluding diaryl/α,β-unsaturated/α-hetero) is 1. The highest BCUT2D eigenvalue weighted by molar-refractivity contribution is 6.07. The summed E-state index contributed by atoms with van der Waals surface area (Å²) in [6, 6.07) is 14.3. The van der Waals surface area contributed by atoms with Gasteiger partial charge in [0.15, 0.2) is 11.4 Å². The molecule has 1 atom stereocenters. The molecule has 3 heterocycles. The van der Waals surface area contributed by atoms with E-state index in [0.29, 0.717) is 40.2 Å². The van der Waals surface area contributed by atoms with Crippen LogP contribution >= 0.6 is 0 Å². The SMILES string of the molecule is Cc1noc(-c2cnc(Nc3ccc4c(c3)OC(C)(C)C4=O)nc2N[C@H](CO)c2ccccc2)n1. The Morgan fingerprint density at radius 3 is 2.60 bits per heavy atom. The standard InChI is InChI=1S/C25H24N6O4/c1-14-27-23(35-31-14)18-12-26-24(30-22(18)29-19(13-32)15-7-5-4-6-8-15)28-16-9-10-17-20(11-16)34-25(2,3)21(17)33/h4-12,19,32H,13H2,1-3H3,(H2,26,28,29,30)/t19-/m1/s1. The average molecular weight is 473 g/mol. The van der Waals surface area contributed by atoms with Crippen molar-refractivity contribution in [2.75, 3.05) is 17.2 Å². The quantitative estimate of drug-likeness (QED) is 0.361. The lowest BCUT2D eigenvalue weighted by Gasteiger charge is -2.19. The smallest absolute Gasteiger partial charge is 0.263 e. The Balaban J connectivity index is 1.48. The van der Waals surface area contributed by atoms with Gasteiger partial charge in [0.25, 0.3) is 5.89 Å². The minimum absolute atomic E-state index is 0.0584. The van der Waals surface area contributed by atoms with Crippen molar-refractivity contribution in [2.24, 2.45) is 0 Å². The molecule has 0 saturated heterocycles. The van der Waals surface area contributed by atoms with E-state index in [9.17, 15) is 9.90 Å². The number of ether oxygens (including phenoxy) is 1. The highest BCUT2D eigenvalue weighted by Gasteiger charge is 2.39. The van der Waals surface area contributed by atoms with Crippen molar-refractivity contribution in [3.05, 3.63) is 71.7 Å². The number of aliphatic hydroxyl groups excluding tert-OH is 1. The lowest BCUT2D eigenvalue weighted by atomic mass is 10.00. The van der Waals surface area contributed by atoms with E-state index in [1.807, 2.05) is 30.3 Å². The van der Waals surface area contributed by atoms with Crippen molar-refractivity contribution in [2.45, 2.75) is 32.4 Å². The first-order valence-electron chi connectivity index (χ1n) is 11.1. The molecule has 0 saturated carbocycles. The summed E-state index contributed by atoms with van der Waals surface area (Å²) >= 11 is 0. The molecule has 10 nitrogen and oxygen atoms in total. The van der Waals surface area contributed by atoms with Gasteiger partial charge in [-0.2, -0.15) is 9.97 Å². The lowest BCUT2D eigenvalue weighted by molar-refractivity contribution is 0.0684. The fourth-order valence-electron chi connectivity index (χ4n) is 3.85. The van der Waals surface area contributed by atoms with Crippen LogP contribution in [0.1, 0.15) is 41.6 Å². The third kappa shape index (κ3) is 4.43. The number of aliphatic hydroxyl groups is 1. The number of carbonyl (C=O) groups excluding carboxylic acids is 1. The van der Waals surface area contributed by atoms with Crippen LogP contribution in [0.4, 0.5) is 17.5 Å². The van der Waals surface area contributed by atoms with Crippen molar-refractivity contribution in [1.29, 1.82) is 0 Å². The van der Waals surface area contributed by atoms with Gasteiger partial charge in [-0.1, -0.05) is 35.5 Å². The van der Waals surface area contributed by atoms with E-state index < -0.39 is 11.6 Å². The Kier molecular flexibility index (Phi) is 5.65. The maximum absolute atomic E-state index is 12.4. The molecule has 4 aromatic rings. The van der Waals surface area contributed by atoms with E-state index in [1.54, 1.807) is 45.2 Å². The molecule has 0 unspecified atom stereocenters. The Hall–Kier alpha value is -4.31. The third-order valence-electron chi connectivity index (χ3n) is 5.64. The normalized spacial score (nSPS) is 14.8. The predicted octanol–water partition coefficient (Wildman–Crippen LogP) is 4.08. The minimum atomic E-state index is -0.894. The fraction of sp³-hybridized carbons (Fsp3) is 0.240. The third-order valence-corrected chi connectivity index (χ3v) is 5.64. The van der Waals surface area contributed by atoms with Gasteiger partial charge in [-0.3, -0.25) is 4.79 Å². The Bertz CT molecular complexity index is 1390. The van der Waals surface area contributed by atoms with Crippen molar-refractivity contribution >= 4 is 23.2 Å². The molecular formula is C25H24N6O4. The fourth-order valence-corrected chi connectivity index (χ4v) is 3.85. The van der Waals surface area contributed by atoms with Gasteiger partial charge < -0.3 is 25.0 Å². The monoisotopic (exact) mass is 472 g/mol. The number of anilines is 3. The molecule has 1 aliphatic heterocycles. The predicted molar refractivity (Wildman–Crippen MR) is 129 cm³/mol. The first kappa shape index (κ1) is 22.5. The van der Waals surface area contributed by atoms with Gasteiger partial charge in [-0.15, -0.1) is 0 Å². The summed E-state index contributed by atoms with van der Waals surface area (Å²) in [7, 11) is 0. The summed E-state index contributed by atoms with van der Waals surface area (Å²) in [6.45, 7) is 5.04. The summed E-state index contributed by atoms with van der Waals surface area (Å²) in [4.78, 5) is 25.8. The number of hydrogen-bond acceptors (Lipinski definition) is 10. The molecule has 0 amide bonds. The molecule has 3 N–H and O–H groups in total. The van der Waals surface area contributed by atoms with Gasteiger partial charge in [-0.05, 0) is 38.5 Å². The molecule has 35 heavy (non-hydrogen) atoms. The highest BCUT2D eigenvalue weighted by atomic mass is 16.5. The molecule has 1 aliphatic rings. The summed E-state index contributed by atoms with van der Waals surface area (Å²) in [5, 5.41) is 20.3. The molecule has 2 aromatic heterocycles. The number of nitrogens with zero attached hydrogens (tertiary/aromatic N) is 4. The number of aryl methyl sites for hydroxylation is 1. The van der Waals surface area contributed by atoms with E-state index in [1.165, 1.54) is 0 Å². The maximum Gasteiger partial charge on any atom is 0.263 e. The highest BCUT2D eigenvalue weighted by Crippen LogP contribution is 2.37. The van der Waals surface area contributed by atoms with E-state index >= 15 is 0 Å². The average Bonchev–Trinajstić information content (AvgIpc) is 3.37. The molecule has 0 radical (unpaired) electrons. The minimum Gasteiger partial charge on any atom is -0.479 e. The molecule has 0 fully saturated rings. The van der Waals surface area contributed by atoms with Crippen LogP contribution < -0.4 is 15.4 Å². The van der Waals surface area contributed by atoms with E-state index in [2.05, 4.69) is 30.7 Å². The molecule has 0 aliphatic carbocycles. The molecule has 5 rings (SSSR count). The zero-order valence-corrected chi connectivity index (χ0v) is 19.4. The largest absolute Gasteiger partial charge is 0.479 e. The number of carbonyl (C=O) groups is 1. The Morgan fingerprint density at radius 2 is 1.89 bits per heavy atom. The molecule has 2 aromatic carbocycles. The van der Waals surface area contributed by atoms with E-state index in [-0.39, 0.29) is 18.3 Å². The molecule has 0 spiro atoms. The number of nitrogens with one attached hydrogen (secondary N) is 2. The zero-order chi connectivity index (χ0) is 24.6. The number of hydrogen-bond donors (Lipinski definition) is 3. The maximum atomic E-state index is 12.4. The number of fused-ring (bicyclic) bond motifs is 1. The van der Waals surface area contributed by atoms with Gasteiger partial charge in [0.2, 0.25) is 11.7 Å². The van der Waals surface area contributed by atoms with E-state index in [4.69, 9.17) is 9.26 Å².